The van der Waals surface area contributed by atoms with Crippen molar-refractivity contribution >= 4 is 43.5 Å². The zero-order valence-corrected chi connectivity index (χ0v) is 34.1. The van der Waals surface area contributed by atoms with Crippen LogP contribution < -0.4 is 4.74 Å². The van der Waals surface area contributed by atoms with Gasteiger partial charge in [-0.05, 0) is 152 Å². The molecule has 3 aliphatic rings. The largest absolute Gasteiger partial charge is 0.472 e. The summed E-state index contributed by atoms with van der Waals surface area (Å²) in [6, 6.07) is 62.3. The van der Waals surface area contributed by atoms with Crippen LogP contribution in [0.2, 0.25) is 0 Å². The van der Waals surface area contributed by atoms with E-state index in [1.54, 1.807) is 0 Å². The van der Waals surface area contributed by atoms with E-state index in [1.165, 1.54) is 82.6 Å². The number of ether oxygens (including phenoxy) is 2. The molecule has 0 bridgehead atoms. The number of rotatable bonds is 4. The lowest BCUT2D eigenvalue weighted by atomic mass is 9.81. The van der Waals surface area contributed by atoms with Gasteiger partial charge in [-0.3, -0.25) is 0 Å². The molecule has 0 N–H and O–H groups in total. The second-order valence-electron chi connectivity index (χ2n) is 16.9. The number of aryl methyl sites for hydroxylation is 2. The standard InChI is InChI=1S/C58H42O2.CH4/c1-35-24-25-47-44(37(35)3)26-27-48-51(34-58(60-56(47)48)53-23-12-10-21-46(53)50-30-40-15-6-8-17-42(40)32-55(50)58)43-19-13-18-38(28-43)36(2)33-57(59-4)52-22-11-9-20-45(52)49-29-39-14-5-7-16-41(39)31-54(49)57;/h5-34H,1-4H3;1H4/b36-33+;. The molecule has 2 atom stereocenters. The topological polar surface area (TPSA) is 18.5 Å². The van der Waals surface area contributed by atoms with Crippen LogP contribution >= 0.6 is 0 Å². The van der Waals surface area contributed by atoms with E-state index in [9.17, 15) is 0 Å². The summed E-state index contributed by atoms with van der Waals surface area (Å²) in [6.45, 7) is 6.64. The number of fused-ring (bicyclic) bond motifs is 13. The summed E-state index contributed by atoms with van der Waals surface area (Å²) in [6.07, 6.45) is 4.75. The fourth-order valence-electron chi connectivity index (χ4n) is 10.6. The van der Waals surface area contributed by atoms with E-state index >= 15 is 0 Å². The van der Waals surface area contributed by atoms with Gasteiger partial charge in [0.1, 0.15) is 11.4 Å². The van der Waals surface area contributed by atoms with Crippen molar-refractivity contribution in [2.24, 2.45) is 0 Å². The second-order valence-corrected chi connectivity index (χ2v) is 16.9. The number of allylic oxidation sites excluding steroid dienone is 1. The SMILES string of the molecule is C.COC1(/C=C(\C)c2cccc(C3=CC4(Oc5c3ccc3c(C)c(C)ccc53)c3ccccc3-c3cc5ccccc5cc34)c2)c2ccccc2-c2cc3ccccc3cc21. The first-order chi connectivity index (χ1) is 29.4. The van der Waals surface area contributed by atoms with Crippen LogP contribution in [0.1, 0.15) is 64.4 Å². The Morgan fingerprint density at radius 3 is 1.82 bits per heavy atom. The van der Waals surface area contributed by atoms with Gasteiger partial charge in [0.2, 0.25) is 0 Å². The summed E-state index contributed by atoms with van der Waals surface area (Å²) < 4.78 is 14.3. The van der Waals surface area contributed by atoms with Gasteiger partial charge in [0.15, 0.2) is 5.60 Å². The highest BCUT2D eigenvalue weighted by atomic mass is 16.5. The van der Waals surface area contributed by atoms with Gasteiger partial charge < -0.3 is 9.47 Å². The van der Waals surface area contributed by atoms with Crippen molar-refractivity contribution in [1.29, 1.82) is 0 Å². The van der Waals surface area contributed by atoms with Crippen molar-refractivity contribution in [1.82, 2.24) is 0 Å². The molecule has 0 saturated carbocycles. The van der Waals surface area contributed by atoms with Crippen molar-refractivity contribution in [2.75, 3.05) is 7.11 Å². The molecule has 2 nitrogen and oxygen atoms in total. The van der Waals surface area contributed by atoms with Gasteiger partial charge in [-0.15, -0.1) is 0 Å². The lowest BCUT2D eigenvalue weighted by Crippen LogP contribution is -2.33. The highest BCUT2D eigenvalue weighted by molar-refractivity contribution is 6.02. The first-order valence-electron chi connectivity index (χ1n) is 20.9. The maximum atomic E-state index is 7.63. The molecule has 9 aromatic carbocycles. The van der Waals surface area contributed by atoms with Crippen LogP contribution in [0.15, 0.2) is 182 Å². The normalized spacial score (nSPS) is 18.2. The lowest BCUT2D eigenvalue weighted by Gasteiger charge is -2.37. The average Bonchev–Trinajstić information content (AvgIpc) is 3.70. The molecule has 0 amide bonds. The minimum atomic E-state index is -0.841. The summed E-state index contributed by atoms with van der Waals surface area (Å²) in [7, 11) is 1.85. The third kappa shape index (κ3) is 5.19. The summed E-state index contributed by atoms with van der Waals surface area (Å²) >= 11 is 0. The van der Waals surface area contributed by atoms with Gasteiger partial charge in [-0.25, -0.2) is 0 Å². The van der Waals surface area contributed by atoms with Crippen molar-refractivity contribution in [2.45, 2.75) is 39.4 Å². The summed E-state index contributed by atoms with van der Waals surface area (Å²) in [4.78, 5) is 0. The Labute approximate surface area is 358 Å². The molecule has 2 unspecified atom stereocenters. The molecule has 1 spiro atoms. The van der Waals surface area contributed by atoms with Gasteiger partial charge in [0, 0.05) is 40.3 Å². The van der Waals surface area contributed by atoms with E-state index in [0.717, 1.165) is 39.0 Å². The van der Waals surface area contributed by atoms with Gasteiger partial charge >= 0.3 is 0 Å². The Morgan fingerprint density at radius 1 is 0.525 bits per heavy atom. The van der Waals surface area contributed by atoms with Crippen molar-refractivity contribution in [3.05, 3.63) is 232 Å². The predicted octanol–water partition coefficient (Wildman–Crippen LogP) is 15.1. The van der Waals surface area contributed by atoms with E-state index in [1.807, 2.05) is 7.11 Å². The lowest BCUT2D eigenvalue weighted by molar-refractivity contribution is 0.0699. The maximum absolute atomic E-state index is 7.63. The number of hydrogen-bond acceptors (Lipinski definition) is 2. The molecular formula is C59H46O2. The molecule has 0 saturated heterocycles. The fraction of sp³-hybridized carbons (Fsp3) is 0.119. The minimum absolute atomic E-state index is 0. The van der Waals surface area contributed by atoms with E-state index < -0.39 is 11.2 Å². The zero-order chi connectivity index (χ0) is 40.3. The zero-order valence-electron chi connectivity index (χ0n) is 34.1. The first kappa shape index (κ1) is 37.0. The molecule has 61 heavy (non-hydrogen) atoms. The van der Waals surface area contributed by atoms with Crippen molar-refractivity contribution in [3.63, 3.8) is 0 Å². The van der Waals surface area contributed by atoms with Crippen LogP contribution in [0.3, 0.4) is 0 Å². The van der Waals surface area contributed by atoms with Gasteiger partial charge in [-0.1, -0.05) is 141 Å². The van der Waals surface area contributed by atoms with Crippen LogP contribution in [0.4, 0.5) is 0 Å². The van der Waals surface area contributed by atoms with E-state index in [4.69, 9.17) is 9.47 Å². The van der Waals surface area contributed by atoms with Gasteiger partial charge in [-0.2, -0.15) is 0 Å². The number of benzene rings is 9. The summed E-state index contributed by atoms with van der Waals surface area (Å²) in [5.74, 6) is 0.923. The van der Waals surface area contributed by atoms with E-state index in [2.05, 4.69) is 203 Å². The molecule has 1 heterocycles. The third-order valence-corrected chi connectivity index (χ3v) is 13.8. The predicted molar refractivity (Wildman–Crippen MR) is 255 cm³/mol. The quantitative estimate of drug-likeness (QED) is 0.177. The van der Waals surface area contributed by atoms with Crippen molar-refractivity contribution < 1.29 is 9.47 Å². The second kappa shape index (κ2) is 13.5. The van der Waals surface area contributed by atoms with Crippen molar-refractivity contribution in [3.8, 4) is 28.0 Å². The smallest absolute Gasteiger partial charge is 0.179 e. The van der Waals surface area contributed by atoms with E-state index in [0.29, 0.717) is 0 Å². The average molecular weight is 787 g/mol. The Bertz CT molecular complexity index is 3380. The summed E-state index contributed by atoms with van der Waals surface area (Å²) in [5, 5.41) is 7.22. The fourth-order valence-corrected chi connectivity index (χ4v) is 10.6. The van der Waals surface area contributed by atoms with Crippen LogP contribution in [0.5, 0.6) is 5.75 Å². The first-order valence-corrected chi connectivity index (χ1v) is 20.9. The molecule has 294 valence electrons. The minimum Gasteiger partial charge on any atom is -0.472 e. The Hall–Kier alpha value is -7.00. The van der Waals surface area contributed by atoms with E-state index in [-0.39, 0.29) is 7.43 Å². The molecule has 1 aliphatic heterocycles. The molecular weight excluding hydrogens is 741 g/mol. The molecule has 0 aromatic heterocycles. The molecule has 0 radical (unpaired) electrons. The Kier molecular flexibility index (Phi) is 8.20. The summed E-state index contributed by atoms with van der Waals surface area (Å²) in [5.41, 5.74) is 16.2. The molecule has 2 aliphatic carbocycles. The van der Waals surface area contributed by atoms with Crippen LogP contribution in [0, 0.1) is 13.8 Å². The molecule has 0 fully saturated rings. The maximum Gasteiger partial charge on any atom is 0.179 e. The number of hydrogen-bond donors (Lipinski definition) is 0. The van der Waals surface area contributed by atoms with Crippen LogP contribution in [-0.4, -0.2) is 7.11 Å². The Balaban J connectivity index is 0.00000420. The van der Waals surface area contributed by atoms with Gasteiger partial charge in [0.05, 0.1) is 0 Å². The highest BCUT2D eigenvalue weighted by Crippen LogP contribution is 2.58. The molecule has 2 heteroatoms. The molecule has 9 aromatic rings. The van der Waals surface area contributed by atoms with Crippen LogP contribution in [-0.2, 0) is 15.9 Å². The Morgan fingerprint density at radius 2 is 1.11 bits per heavy atom. The molecule has 12 rings (SSSR count). The number of methoxy groups -OCH3 is 1. The van der Waals surface area contributed by atoms with Crippen LogP contribution in [0.25, 0.3) is 65.7 Å². The third-order valence-electron chi connectivity index (χ3n) is 13.8. The monoisotopic (exact) mass is 786 g/mol. The van der Waals surface area contributed by atoms with Gasteiger partial charge in [0.25, 0.3) is 0 Å². The highest BCUT2D eigenvalue weighted by Gasteiger charge is 2.48.